The van der Waals surface area contributed by atoms with Gasteiger partial charge in [-0.1, -0.05) is 12.1 Å². The zero-order valence-electron chi connectivity index (χ0n) is 12.8. The maximum atomic E-state index is 11.5. The van der Waals surface area contributed by atoms with Crippen LogP contribution in [0, 0.1) is 0 Å². The molecule has 2 N–H and O–H groups in total. The highest BCUT2D eigenvalue weighted by Gasteiger charge is 2.52. The molecule has 1 aliphatic rings. The number of phenols is 1. The highest BCUT2D eigenvalue weighted by molar-refractivity contribution is 7.92. The summed E-state index contributed by atoms with van der Waals surface area (Å²) in [6.07, 6.45) is 1.02. The molecular formula is C13H20BNO5S. The molecule has 1 aromatic rings. The number of hydrogen-bond donors (Lipinski definition) is 2. The van der Waals surface area contributed by atoms with Crippen molar-refractivity contribution < 1.29 is 22.8 Å². The van der Waals surface area contributed by atoms with Crippen molar-refractivity contribution in [2.45, 2.75) is 38.9 Å². The van der Waals surface area contributed by atoms with E-state index < -0.39 is 28.3 Å². The van der Waals surface area contributed by atoms with Crippen LogP contribution in [0.25, 0.3) is 0 Å². The lowest BCUT2D eigenvalue weighted by Crippen LogP contribution is -2.41. The first-order valence-electron chi connectivity index (χ1n) is 6.58. The first-order valence-corrected chi connectivity index (χ1v) is 8.47. The van der Waals surface area contributed by atoms with Gasteiger partial charge >= 0.3 is 7.12 Å². The van der Waals surface area contributed by atoms with Crippen LogP contribution in [-0.2, 0) is 19.3 Å². The maximum Gasteiger partial charge on any atom is 0.497 e. The molecule has 0 aromatic heterocycles. The molecular weight excluding hydrogens is 293 g/mol. The molecule has 0 spiro atoms. The topological polar surface area (TPSA) is 84.9 Å². The molecule has 1 saturated heterocycles. The van der Waals surface area contributed by atoms with Crippen LogP contribution in [0.5, 0.6) is 5.75 Å². The monoisotopic (exact) mass is 313 g/mol. The maximum absolute atomic E-state index is 11.5. The number of benzene rings is 1. The van der Waals surface area contributed by atoms with Crippen LogP contribution in [0.2, 0.25) is 0 Å². The van der Waals surface area contributed by atoms with Crippen LogP contribution >= 0.6 is 0 Å². The van der Waals surface area contributed by atoms with Crippen molar-refractivity contribution in [3.63, 3.8) is 0 Å². The second-order valence-electron chi connectivity index (χ2n) is 6.20. The van der Waals surface area contributed by atoms with Crippen molar-refractivity contribution >= 4 is 28.3 Å². The van der Waals surface area contributed by atoms with Crippen molar-refractivity contribution in [2.75, 3.05) is 11.0 Å². The average Bonchev–Trinajstić information content (AvgIpc) is 2.49. The number of rotatable bonds is 3. The summed E-state index contributed by atoms with van der Waals surface area (Å²) >= 11 is 0. The Kier molecular flexibility index (Phi) is 3.76. The lowest BCUT2D eigenvalue weighted by molar-refractivity contribution is 0.00578. The Bertz CT molecular complexity index is 641. The molecule has 1 heterocycles. The molecule has 8 heteroatoms. The molecule has 6 nitrogen and oxygen atoms in total. The molecule has 2 rings (SSSR count). The molecule has 1 fully saturated rings. The van der Waals surface area contributed by atoms with E-state index in [1.165, 1.54) is 6.07 Å². The number of sulfonamides is 1. The van der Waals surface area contributed by atoms with Gasteiger partial charge in [-0.2, -0.15) is 0 Å². The van der Waals surface area contributed by atoms with E-state index in [1.807, 2.05) is 27.7 Å². The van der Waals surface area contributed by atoms with Gasteiger partial charge in [0.25, 0.3) is 0 Å². The van der Waals surface area contributed by atoms with Crippen LogP contribution in [-0.4, -0.2) is 38.1 Å². The summed E-state index contributed by atoms with van der Waals surface area (Å²) < 4.78 is 37.0. The average molecular weight is 313 g/mol. The Morgan fingerprint density at radius 2 is 1.67 bits per heavy atom. The highest BCUT2D eigenvalue weighted by atomic mass is 32.2. The highest BCUT2D eigenvalue weighted by Crippen LogP contribution is 2.37. The number of para-hydroxylation sites is 1. The zero-order valence-corrected chi connectivity index (χ0v) is 13.6. The van der Waals surface area contributed by atoms with Crippen LogP contribution in [0.4, 0.5) is 5.69 Å². The van der Waals surface area contributed by atoms with Crippen molar-refractivity contribution in [1.29, 1.82) is 0 Å². The molecule has 21 heavy (non-hydrogen) atoms. The second kappa shape index (κ2) is 4.89. The van der Waals surface area contributed by atoms with Crippen molar-refractivity contribution in [3.8, 4) is 5.75 Å². The largest absolute Gasteiger partial charge is 0.506 e. The summed E-state index contributed by atoms with van der Waals surface area (Å²) in [7, 11) is -4.29. The predicted octanol–water partition coefficient (Wildman–Crippen LogP) is 1.06. The molecule has 0 bridgehead atoms. The summed E-state index contributed by atoms with van der Waals surface area (Å²) in [5.74, 6) is -0.173. The lowest BCUT2D eigenvalue weighted by atomic mass is 9.77. The van der Waals surface area contributed by atoms with E-state index in [9.17, 15) is 13.5 Å². The van der Waals surface area contributed by atoms with Crippen molar-refractivity contribution in [3.05, 3.63) is 18.2 Å². The van der Waals surface area contributed by atoms with E-state index >= 15 is 0 Å². The van der Waals surface area contributed by atoms with Gasteiger partial charge < -0.3 is 14.4 Å². The van der Waals surface area contributed by atoms with Gasteiger partial charge in [0.1, 0.15) is 5.75 Å². The van der Waals surface area contributed by atoms with E-state index in [0.717, 1.165) is 6.26 Å². The summed E-state index contributed by atoms with van der Waals surface area (Å²) in [5.41, 5.74) is -0.575. The van der Waals surface area contributed by atoms with Crippen LogP contribution in [0.1, 0.15) is 27.7 Å². The molecule has 1 aliphatic heterocycles. The number of phenolic OH excluding ortho intramolecular Hbond substituents is 1. The minimum Gasteiger partial charge on any atom is -0.506 e. The predicted molar refractivity (Wildman–Crippen MR) is 82.3 cm³/mol. The SMILES string of the molecule is CC1(C)OB(c2cccc(O)c2NS(C)(=O)=O)OC1(C)C. The standard InChI is InChI=1S/C13H20BNO5S/c1-12(2)13(3,4)20-14(19-12)9-7-6-8-10(16)11(9)15-21(5,17)18/h6-8,15-16H,1-5H3. The van der Waals surface area contributed by atoms with Crippen molar-refractivity contribution in [1.82, 2.24) is 0 Å². The zero-order chi connectivity index (χ0) is 16.1. The Morgan fingerprint density at radius 3 is 2.14 bits per heavy atom. The van der Waals surface area contributed by atoms with E-state index in [0.29, 0.717) is 5.46 Å². The number of anilines is 1. The molecule has 0 aliphatic carbocycles. The Labute approximate surface area is 125 Å². The smallest absolute Gasteiger partial charge is 0.497 e. The third-order valence-corrected chi connectivity index (χ3v) is 4.44. The van der Waals surface area contributed by atoms with Gasteiger partial charge in [0.2, 0.25) is 10.0 Å². The van der Waals surface area contributed by atoms with E-state index in [2.05, 4.69) is 4.72 Å². The Morgan fingerprint density at radius 1 is 1.14 bits per heavy atom. The summed E-state index contributed by atoms with van der Waals surface area (Å²) in [5, 5.41) is 9.94. The van der Waals surface area contributed by atoms with Gasteiger partial charge in [-0.05, 0) is 33.8 Å². The fourth-order valence-corrected chi connectivity index (χ4v) is 2.61. The molecule has 0 unspecified atom stereocenters. The quantitative estimate of drug-likeness (QED) is 0.644. The summed E-state index contributed by atoms with van der Waals surface area (Å²) in [6, 6.07) is 4.68. The fourth-order valence-electron chi connectivity index (χ4n) is 2.02. The van der Waals surface area contributed by atoms with Crippen LogP contribution in [0.3, 0.4) is 0 Å². The van der Waals surface area contributed by atoms with Gasteiger partial charge in [0.15, 0.2) is 0 Å². The molecule has 0 amide bonds. The minimum atomic E-state index is -3.53. The fraction of sp³-hybridized carbons (Fsp3) is 0.538. The first-order chi connectivity index (χ1) is 9.43. The molecule has 0 atom stereocenters. The number of hydrogen-bond acceptors (Lipinski definition) is 5. The Hall–Kier alpha value is -1.25. The van der Waals surface area contributed by atoms with Crippen LogP contribution < -0.4 is 10.2 Å². The number of aromatic hydroxyl groups is 1. The second-order valence-corrected chi connectivity index (χ2v) is 7.95. The third kappa shape index (κ3) is 3.17. The molecule has 0 radical (unpaired) electrons. The third-order valence-electron chi connectivity index (χ3n) is 3.87. The lowest BCUT2D eigenvalue weighted by Gasteiger charge is -2.32. The van der Waals surface area contributed by atoms with E-state index in [-0.39, 0.29) is 11.4 Å². The number of nitrogens with one attached hydrogen (secondary N) is 1. The normalized spacial score (nSPS) is 20.5. The van der Waals surface area contributed by atoms with Crippen molar-refractivity contribution in [2.24, 2.45) is 0 Å². The Balaban J connectivity index is 2.45. The molecule has 116 valence electrons. The molecule has 1 aromatic carbocycles. The summed E-state index contributed by atoms with van der Waals surface area (Å²) in [4.78, 5) is 0. The molecule has 0 saturated carbocycles. The van der Waals surface area contributed by atoms with E-state index in [1.54, 1.807) is 12.1 Å². The van der Waals surface area contributed by atoms with Gasteiger partial charge in [0, 0.05) is 5.46 Å². The van der Waals surface area contributed by atoms with Gasteiger partial charge in [0.05, 0.1) is 23.1 Å². The van der Waals surface area contributed by atoms with Gasteiger partial charge in [-0.25, -0.2) is 8.42 Å². The van der Waals surface area contributed by atoms with Gasteiger partial charge in [-0.15, -0.1) is 0 Å². The van der Waals surface area contributed by atoms with E-state index in [4.69, 9.17) is 9.31 Å². The first kappa shape index (κ1) is 16.1. The van der Waals surface area contributed by atoms with Crippen LogP contribution in [0.15, 0.2) is 18.2 Å². The minimum absolute atomic E-state index is 0.0819. The van der Waals surface area contributed by atoms with Gasteiger partial charge in [-0.3, -0.25) is 4.72 Å². The summed E-state index contributed by atoms with van der Waals surface area (Å²) in [6.45, 7) is 7.61.